The van der Waals surface area contributed by atoms with Crippen molar-refractivity contribution < 1.29 is 9.84 Å². The molecule has 17 heavy (non-hydrogen) atoms. The Labute approximate surface area is 103 Å². The maximum atomic E-state index is 9.05. The summed E-state index contributed by atoms with van der Waals surface area (Å²) in [4.78, 5) is 4.27. The molecule has 0 bridgehead atoms. The standard InChI is InChI=1S/C14H21NO2/c16-11-12-4-6-14(7-5-12)17-10-8-13-3-1-2-9-15-13/h1-3,9,12,14,16H,4-8,10-11H2. The molecular formula is C14H21NO2. The maximum Gasteiger partial charge on any atom is 0.0575 e. The van der Waals surface area contributed by atoms with Crippen molar-refractivity contribution in [2.24, 2.45) is 5.92 Å². The lowest BCUT2D eigenvalue weighted by molar-refractivity contribution is 0.0127. The summed E-state index contributed by atoms with van der Waals surface area (Å²) in [6, 6.07) is 5.97. The Balaban J connectivity index is 1.63. The molecule has 1 fully saturated rings. The van der Waals surface area contributed by atoms with E-state index in [1.807, 2.05) is 24.4 Å². The van der Waals surface area contributed by atoms with Gasteiger partial charge in [0.15, 0.2) is 0 Å². The van der Waals surface area contributed by atoms with Gasteiger partial charge in [0.1, 0.15) is 0 Å². The van der Waals surface area contributed by atoms with Gasteiger partial charge in [0.05, 0.1) is 12.7 Å². The van der Waals surface area contributed by atoms with Crippen molar-refractivity contribution in [3.8, 4) is 0 Å². The normalized spacial score (nSPS) is 24.8. The summed E-state index contributed by atoms with van der Waals surface area (Å²) in [6.07, 6.45) is 7.49. The second-order valence-corrected chi connectivity index (χ2v) is 4.77. The number of nitrogens with zero attached hydrogens (tertiary/aromatic N) is 1. The fourth-order valence-electron chi connectivity index (χ4n) is 2.36. The van der Waals surface area contributed by atoms with E-state index >= 15 is 0 Å². The first kappa shape index (κ1) is 12.5. The average molecular weight is 235 g/mol. The monoisotopic (exact) mass is 235 g/mol. The molecule has 1 aromatic heterocycles. The van der Waals surface area contributed by atoms with E-state index in [1.165, 1.54) is 0 Å². The number of ether oxygens (including phenoxy) is 1. The minimum atomic E-state index is 0.334. The second kappa shape index (κ2) is 6.72. The third kappa shape index (κ3) is 4.10. The van der Waals surface area contributed by atoms with Crippen LogP contribution in [-0.2, 0) is 11.2 Å². The highest BCUT2D eigenvalue weighted by molar-refractivity contribution is 5.03. The van der Waals surface area contributed by atoms with Gasteiger partial charge in [-0.3, -0.25) is 4.98 Å². The Morgan fingerprint density at radius 2 is 2.06 bits per heavy atom. The van der Waals surface area contributed by atoms with Crippen LogP contribution < -0.4 is 0 Å². The average Bonchev–Trinajstić information content (AvgIpc) is 2.41. The molecule has 0 saturated heterocycles. The Morgan fingerprint density at radius 1 is 1.24 bits per heavy atom. The van der Waals surface area contributed by atoms with Gasteiger partial charge in [0, 0.05) is 24.9 Å². The second-order valence-electron chi connectivity index (χ2n) is 4.77. The lowest BCUT2D eigenvalue weighted by Gasteiger charge is -2.27. The van der Waals surface area contributed by atoms with Gasteiger partial charge in [-0.05, 0) is 43.7 Å². The first-order chi connectivity index (χ1) is 8.38. The highest BCUT2D eigenvalue weighted by Crippen LogP contribution is 2.25. The zero-order chi connectivity index (χ0) is 11.9. The van der Waals surface area contributed by atoms with Crippen molar-refractivity contribution in [3.05, 3.63) is 30.1 Å². The smallest absolute Gasteiger partial charge is 0.0575 e. The summed E-state index contributed by atoms with van der Waals surface area (Å²) in [5, 5.41) is 9.05. The molecule has 2 rings (SSSR count). The van der Waals surface area contributed by atoms with Gasteiger partial charge in [-0.15, -0.1) is 0 Å². The summed E-state index contributed by atoms with van der Waals surface area (Å²) >= 11 is 0. The van der Waals surface area contributed by atoms with Crippen LogP contribution in [0, 0.1) is 5.92 Å². The molecule has 0 unspecified atom stereocenters. The number of aliphatic hydroxyl groups excluding tert-OH is 1. The van der Waals surface area contributed by atoms with E-state index in [4.69, 9.17) is 9.84 Å². The number of aromatic nitrogens is 1. The molecule has 94 valence electrons. The number of hydrogen-bond donors (Lipinski definition) is 1. The van der Waals surface area contributed by atoms with Crippen LogP contribution in [0.5, 0.6) is 0 Å². The largest absolute Gasteiger partial charge is 0.396 e. The number of rotatable bonds is 5. The molecule has 0 aliphatic heterocycles. The zero-order valence-electron chi connectivity index (χ0n) is 10.2. The van der Waals surface area contributed by atoms with Crippen molar-refractivity contribution >= 4 is 0 Å². The minimum absolute atomic E-state index is 0.334. The molecular weight excluding hydrogens is 214 g/mol. The summed E-state index contributed by atoms with van der Waals surface area (Å²) in [6.45, 7) is 1.09. The van der Waals surface area contributed by atoms with Gasteiger partial charge in [0.25, 0.3) is 0 Å². The summed E-state index contributed by atoms with van der Waals surface area (Å²) < 4.78 is 5.86. The number of hydrogen-bond acceptors (Lipinski definition) is 3. The van der Waals surface area contributed by atoms with Gasteiger partial charge in [-0.1, -0.05) is 6.07 Å². The van der Waals surface area contributed by atoms with E-state index in [1.54, 1.807) is 0 Å². The molecule has 1 saturated carbocycles. The first-order valence-corrected chi connectivity index (χ1v) is 6.51. The van der Waals surface area contributed by atoms with Crippen LogP contribution in [0.3, 0.4) is 0 Å². The third-order valence-corrected chi connectivity index (χ3v) is 3.49. The van der Waals surface area contributed by atoms with E-state index < -0.39 is 0 Å². The minimum Gasteiger partial charge on any atom is -0.396 e. The molecule has 1 aliphatic carbocycles. The van der Waals surface area contributed by atoms with Crippen LogP contribution in [0.4, 0.5) is 0 Å². The maximum absolute atomic E-state index is 9.05. The zero-order valence-corrected chi connectivity index (χ0v) is 10.2. The molecule has 3 heteroatoms. The third-order valence-electron chi connectivity index (χ3n) is 3.49. The number of aliphatic hydroxyl groups is 1. The summed E-state index contributed by atoms with van der Waals surface area (Å²) in [7, 11) is 0. The van der Waals surface area contributed by atoms with Crippen LogP contribution in [0.1, 0.15) is 31.4 Å². The van der Waals surface area contributed by atoms with Gasteiger partial charge in [-0.2, -0.15) is 0 Å². The first-order valence-electron chi connectivity index (χ1n) is 6.51. The highest BCUT2D eigenvalue weighted by Gasteiger charge is 2.20. The molecule has 0 aromatic carbocycles. The van der Waals surface area contributed by atoms with Gasteiger partial charge < -0.3 is 9.84 Å². The highest BCUT2D eigenvalue weighted by atomic mass is 16.5. The molecule has 3 nitrogen and oxygen atoms in total. The predicted octanol–water partition coefficient (Wildman–Crippen LogP) is 2.19. The van der Waals surface area contributed by atoms with E-state index in [0.29, 0.717) is 18.6 Å². The molecule has 1 N–H and O–H groups in total. The van der Waals surface area contributed by atoms with E-state index in [9.17, 15) is 0 Å². The predicted molar refractivity (Wildman–Crippen MR) is 66.7 cm³/mol. The molecule has 0 spiro atoms. The molecule has 1 aliphatic rings. The van der Waals surface area contributed by atoms with Crippen LogP contribution in [0.15, 0.2) is 24.4 Å². The van der Waals surface area contributed by atoms with Crippen molar-refractivity contribution in [1.29, 1.82) is 0 Å². The molecule has 0 amide bonds. The Hall–Kier alpha value is -0.930. The Bertz CT molecular complexity index is 307. The van der Waals surface area contributed by atoms with Crippen LogP contribution >= 0.6 is 0 Å². The van der Waals surface area contributed by atoms with Crippen molar-refractivity contribution in [1.82, 2.24) is 4.98 Å². The fraction of sp³-hybridized carbons (Fsp3) is 0.643. The molecule has 1 aromatic rings. The van der Waals surface area contributed by atoms with E-state index in [2.05, 4.69) is 4.98 Å². The van der Waals surface area contributed by atoms with Crippen LogP contribution in [0.2, 0.25) is 0 Å². The Morgan fingerprint density at radius 3 is 2.71 bits per heavy atom. The van der Waals surface area contributed by atoms with Gasteiger partial charge in [0.2, 0.25) is 0 Å². The van der Waals surface area contributed by atoms with E-state index in [0.717, 1.165) is 44.4 Å². The number of pyridine rings is 1. The quantitative estimate of drug-likeness (QED) is 0.850. The molecule has 1 heterocycles. The van der Waals surface area contributed by atoms with Crippen LogP contribution in [-0.4, -0.2) is 29.4 Å². The van der Waals surface area contributed by atoms with Gasteiger partial charge >= 0.3 is 0 Å². The lowest BCUT2D eigenvalue weighted by atomic mass is 9.88. The lowest BCUT2D eigenvalue weighted by Crippen LogP contribution is -2.24. The Kier molecular flexibility index (Phi) is 4.95. The SMILES string of the molecule is OCC1CCC(OCCc2ccccn2)CC1. The van der Waals surface area contributed by atoms with Crippen molar-refractivity contribution in [3.63, 3.8) is 0 Å². The summed E-state index contributed by atoms with van der Waals surface area (Å²) in [5.41, 5.74) is 1.09. The summed E-state index contributed by atoms with van der Waals surface area (Å²) in [5.74, 6) is 0.505. The molecule has 0 atom stereocenters. The van der Waals surface area contributed by atoms with Crippen molar-refractivity contribution in [2.45, 2.75) is 38.2 Å². The van der Waals surface area contributed by atoms with Crippen molar-refractivity contribution in [2.75, 3.05) is 13.2 Å². The molecule has 0 radical (unpaired) electrons. The van der Waals surface area contributed by atoms with Gasteiger partial charge in [-0.25, -0.2) is 0 Å². The topological polar surface area (TPSA) is 42.4 Å². The fourth-order valence-corrected chi connectivity index (χ4v) is 2.36. The van der Waals surface area contributed by atoms with E-state index in [-0.39, 0.29) is 0 Å². The van der Waals surface area contributed by atoms with Crippen LogP contribution in [0.25, 0.3) is 0 Å².